The molecule has 1 aliphatic heterocycles. The fraction of sp³-hybridized carbons (Fsp3) is 0.250. The van der Waals surface area contributed by atoms with Crippen LogP contribution < -0.4 is 15.5 Å². The first-order chi connectivity index (χ1) is 12.9. The molecule has 1 atom stereocenters. The Balaban J connectivity index is 1.59. The Morgan fingerprint density at radius 1 is 1.15 bits per heavy atom. The predicted molar refractivity (Wildman–Crippen MR) is 112 cm³/mol. The number of rotatable bonds is 5. The number of hydrogen-bond acceptors (Lipinski definition) is 5. The summed E-state index contributed by atoms with van der Waals surface area (Å²) in [5.74, 6) is -0.384. The Labute approximate surface area is 163 Å². The molecule has 27 heavy (non-hydrogen) atoms. The van der Waals surface area contributed by atoms with Crippen molar-refractivity contribution in [3.05, 3.63) is 54.1 Å². The molecule has 2 aromatic rings. The Bertz CT molecular complexity index is 861. The third-order valence-electron chi connectivity index (χ3n) is 4.08. The first-order valence-electron chi connectivity index (χ1n) is 8.61. The van der Waals surface area contributed by atoms with Crippen LogP contribution in [0.25, 0.3) is 0 Å². The molecule has 3 rings (SSSR count). The molecule has 0 bridgehead atoms. The molecular formula is C20H22N4O2S. The largest absolute Gasteiger partial charge is 0.378 e. The van der Waals surface area contributed by atoms with Crippen molar-refractivity contribution >= 4 is 45.8 Å². The average Bonchev–Trinajstić information content (AvgIpc) is 2.96. The second-order valence-corrected chi connectivity index (χ2v) is 7.73. The molecule has 2 amide bonds. The molecule has 1 heterocycles. The van der Waals surface area contributed by atoms with Crippen LogP contribution in [-0.4, -0.2) is 36.3 Å². The van der Waals surface area contributed by atoms with E-state index in [0.717, 1.165) is 22.6 Å². The summed E-state index contributed by atoms with van der Waals surface area (Å²) in [6, 6.07) is 15.3. The maximum absolute atomic E-state index is 12.2. The first kappa shape index (κ1) is 19.0. The monoisotopic (exact) mass is 382 g/mol. The van der Waals surface area contributed by atoms with E-state index in [4.69, 9.17) is 0 Å². The lowest BCUT2D eigenvalue weighted by Gasteiger charge is -2.11. The molecule has 0 aromatic heterocycles. The highest BCUT2D eigenvalue weighted by molar-refractivity contribution is 8.15. The molecular weight excluding hydrogens is 360 g/mol. The van der Waals surface area contributed by atoms with E-state index in [9.17, 15) is 9.59 Å². The number of carbonyl (C=O) groups excluding carboxylic acids is 2. The van der Waals surface area contributed by atoms with Gasteiger partial charge in [0.2, 0.25) is 11.8 Å². The van der Waals surface area contributed by atoms with Gasteiger partial charge in [0.25, 0.3) is 0 Å². The van der Waals surface area contributed by atoms with Crippen LogP contribution in [0.5, 0.6) is 0 Å². The van der Waals surface area contributed by atoms with Gasteiger partial charge in [-0.2, -0.15) is 0 Å². The van der Waals surface area contributed by atoms with Gasteiger partial charge in [-0.15, -0.1) is 0 Å². The minimum atomic E-state index is -0.477. The van der Waals surface area contributed by atoms with Crippen LogP contribution >= 0.6 is 11.8 Å². The number of nitrogens with zero attached hydrogens (tertiary/aromatic N) is 2. The number of amides is 2. The topological polar surface area (TPSA) is 73.8 Å². The molecule has 0 saturated carbocycles. The zero-order chi connectivity index (χ0) is 19.4. The number of anilines is 2. The van der Waals surface area contributed by atoms with Gasteiger partial charge in [-0.3, -0.25) is 9.59 Å². The molecule has 2 N–H and O–H groups in total. The van der Waals surface area contributed by atoms with E-state index in [0.29, 0.717) is 5.17 Å². The number of aliphatic imine (C=N–C) groups is 1. The SMILES string of the molecule is Cc1ccc(NC(=O)CC2SC(=Nc3ccc(N(C)C)cc3)NC2=O)cc1. The summed E-state index contributed by atoms with van der Waals surface area (Å²) in [5, 5.41) is 5.61. The molecule has 0 radical (unpaired) electrons. The van der Waals surface area contributed by atoms with Crippen molar-refractivity contribution in [1.82, 2.24) is 5.32 Å². The van der Waals surface area contributed by atoms with Gasteiger partial charge in [0, 0.05) is 31.9 Å². The zero-order valence-corrected chi connectivity index (χ0v) is 16.3. The summed E-state index contributed by atoms with van der Waals surface area (Å²) in [7, 11) is 3.94. The van der Waals surface area contributed by atoms with Crippen LogP contribution in [0.1, 0.15) is 12.0 Å². The van der Waals surface area contributed by atoms with Crippen LogP contribution in [0.4, 0.5) is 17.1 Å². The molecule has 1 fully saturated rings. The lowest BCUT2D eigenvalue weighted by Crippen LogP contribution is -2.28. The lowest BCUT2D eigenvalue weighted by atomic mass is 10.2. The van der Waals surface area contributed by atoms with Crippen LogP contribution in [0, 0.1) is 6.92 Å². The van der Waals surface area contributed by atoms with Crippen LogP contribution in [0.15, 0.2) is 53.5 Å². The van der Waals surface area contributed by atoms with Crippen molar-refractivity contribution in [2.24, 2.45) is 4.99 Å². The van der Waals surface area contributed by atoms with Crippen molar-refractivity contribution in [2.45, 2.75) is 18.6 Å². The number of carbonyl (C=O) groups is 2. The Kier molecular flexibility index (Phi) is 5.81. The number of aryl methyl sites for hydroxylation is 1. The quantitative estimate of drug-likeness (QED) is 0.832. The van der Waals surface area contributed by atoms with Crippen LogP contribution in [0.2, 0.25) is 0 Å². The highest BCUT2D eigenvalue weighted by Crippen LogP contribution is 2.26. The molecule has 0 aliphatic carbocycles. The van der Waals surface area contributed by atoms with Gasteiger partial charge in [0.1, 0.15) is 5.25 Å². The van der Waals surface area contributed by atoms with Gasteiger partial charge in [0.15, 0.2) is 5.17 Å². The Morgan fingerprint density at radius 3 is 2.44 bits per heavy atom. The van der Waals surface area contributed by atoms with E-state index in [1.165, 1.54) is 11.8 Å². The summed E-state index contributed by atoms with van der Waals surface area (Å²) in [4.78, 5) is 30.8. The molecule has 1 saturated heterocycles. The number of amidine groups is 1. The minimum Gasteiger partial charge on any atom is -0.378 e. The highest BCUT2D eigenvalue weighted by Gasteiger charge is 2.32. The lowest BCUT2D eigenvalue weighted by molar-refractivity contribution is -0.122. The molecule has 2 aromatic carbocycles. The fourth-order valence-corrected chi connectivity index (χ4v) is 3.54. The van der Waals surface area contributed by atoms with Crippen LogP contribution in [-0.2, 0) is 9.59 Å². The first-order valence-corrected chi connectivity index (χ1v) is 9.49. The average molecular weight is 382 g/mol. The summed E-state index contributed by atoms with van der Waals surface area (Å²) in [5.41, 5.74) is 3.68. The van der Waals surface area contributed by atoms with Crippen molar-refractivity contribution in [3.8, 4) is 0 Å². The number of thioether (sulfide) groups is 1. The van der Waals surface area contributed by atoms with Crippen molar-refractivity contribution in [3.63, 3.8) is 0 Å². The van der Waals surface area contributed by atoms with Crippen molar-refractivity contribution in [2.75, 3.05) is 24.3 Å². The summed E-state index contributed by atoms with van der Waals surface area (Å²) >= 11 is 1.28. The molecule has 6 nitrogen and oxygen atoms in total. The maximum atomic E-state index is 12.2. The minimum absolute atomic E-state index is 0.100. The van der Waals surface area contributed by atoms with Gasteiger partial charge in [-0.25, -0.2) is 4.99 Å². The second-order valence-electron chi connectivity index (χ2n) is 6.54. The molecule has 1 unspecified atom stereocenters. The van der Waals surface area contributed by atoms with Gasteiger partial charge in [-0.05, 0) is 43.3 Å². The van der Waals surface area contributed by atoms with E-state index in [1.807, 2.05) is 74.4 Å². The summed E-state index contributed by atoms with van der Waals surface area (Å²) in [6.45, 7) is 1.99. The molecule has 7 heteroatoms. The number of hydrogen-bond donors (Lipinski definition) is 2. The summed E-state index contributed by atoms with van der Waals surface area (Å²) < 4.78 is 0. The van der Waals surface area contributed by atoms with Crippen molar-refractivity contribution < 1.29 is 9.59 Å². The van der Waals surface area contributed by atoms with Gasteiger partial charge in [0.05, 0.1) is 5.69 Å². The highest BCUT2D eigenvalue weighted by atomic mass is 32.2. The molecule has 1 aliphatic rings. The third kappa shape index (κ3) is 5.10. The third-order valence-corrected chi connectivity index (χ3v) is 5.16. The van der Waals surface area contributed by atoms with Gasteiger partial charge < -0.3 is 15.5 Å². The van der Waals surface area contributed by atoms with E-state index in [-0.39, 0.29) is 18.2 Å². The normalized spacial score (nSPS) is 17.7. The van der Waals surface area contributed by atoms with Crippen LogP contribution in [0.3, 0.4) is 0 Å². The standard InChI is InChI=1S/C20H22N4O2S/c1-13-4-6-14(7-5-13)21-18(25)12-17-19(26)23-20(27-17)22-15-8-10-16(11-9-15)24(2)3/h4-11,17H,12H2,1-3H3,(H,21,25)(H,22,23,26). The predicted octanol–water partition coefficient (Wildman–Crippen LogP) is 3.31. The zero-order valence-electron chi connectivity index (χ0n) is 15.5. The fourth-order valence-electron chi connectivity index (χ4n) is 2.55. The van der Waals surface area contributed by atoms with Crippen molar-refractivity contribution in [1.29, 1.82) is 0 Å². The Morgan fingerprint density at radius 2 is 1.81 bits per heavy atom. The molecule has 140 valence electrons. The smallest absolute Gasteiger partial charge is 0.240 e. The molecule has 0 spiro atoms. The number of nitrogens with one attached hydrogen (secondary N) is 2. The maximum Gasteiger partial charge on any atom is 0.240 e. The number of benzene rings is 2. The van der Waals surface area contributed by atoms with Gasteiger partial charge in [-0.1, -0.05) is 29.5 Å². The van der Waals surface area contributed by atoms with Gasteiger partial charge >= 0.3 is 0 Å². The second kappa shape index (κ2) is 8.26. The van der Waals surface area contributed by atoms with E-state index in [2.05, 4.69) is 15.6 Å². The van der Waals surface area contributed by atoms with E-state index in [1.54, 1.807) is 0 Å². The summed E-state index contributed by atoms with van der Waals surface area (Å²) in [6.07, 6.45) is 0.100. The van der Waals surface area contributed by atoms with E-state index < -0.39 is 5.25 Å². The Hall–Kier alpha value is -2.80. The van der Waals surface area contributed by atoms with E-state index >= 15 is 0 Å².